The third-order valence-electron chi connectivity index (χ3n) is 5.73. The Morgan fingerprint density at radius 3 is 2.90 bits per heavy atom. The van der Waals surface area contributed by atoms with Crippen molar-refractivity contribution in [1.29, 1.82) is 0 Å². The molecule has 0 aromatic heterocycles. The summed E-state index contributed by atoms with van der Waals surface area (Å²) >= 11 is 0. The quantitative estimate of drug-likeness (QED) is 0.913. The number of nitrogens with zero attached hydrogens (tertiary/aromatic N) is 1. The molecule has 2 N–H and O–H groups in total. The van der Waals surface area contributed by atoms with Crippen LogP contribution >= 0.6 is 0 Å². The van der Waals surface area contributed by atoms with Gasteiger partial charge < -0.3 is 10.6 Å². The molecule has 3 unspecified atom stereocenters. The Balaban J connectivity index is 1.88. The molecule has 1 aromatic rings. The molecule has 2 nitrogen and oxygen atoms in total. The number of benzene rings is 1. The summed E-state index contributed by atoms with van der Waals surface area (Å²) in [6, 6.07) is 7.68. The van der Waals surface area contributed by atoms with Crippen molar-refractivity contribution in [3.8, 4) is 0 Å². The Bertz CT molecular complexity index is 482. The van der Waals surface area contributed by atoms with Gasteiger partial charge in [-0.1, -0.05) is 31.0 Å². The molecule has 1 saturated carbocycles. The van der Waals surface area contributed by atoms with Gasteiger partial charge in [-0.2, -0.15) is 0 Å². The van der Waals surface area contributed by atoms with Gasteiger partial charge in [0, 0.05) is 18.3 Å². The van der Waals surface area contributed by atoms with E-state index >= 15 is 0 Å². The van der Waals surface area contributed by atoms with E-state index in [2.05, 4.69) is 36.9 Å². The maximum atomic E-state index is 6.10. The van der Waals surface area contributed by atoms with Crippen molar-refractivity contribution in [2.75, 3.05) is 18.0 Å². The van der Waals surface area contributed by atoms with Gasteiger partial charge in [0.2, 0.25) is 0 Å². The summed E-state index contributed by atoms with van der Waals surface area (Å²) in [7, 11) is 0. The molecule has 2 heteroatoms. The molecule has 3 atom stereocenters. The zero-order valence-corrected chi connectivity index (χ0v) is 13.6. The second kappa shape index (κ2) is 6.39. The summed E-state index contributed by atoms with van der Waals surface area (Å²) in [5.41, 5.74) is 10.5. The molecule has 1 aliphatic carbocycles. The molecule has 0 spiro atoms. The van der Waals surface area contributed by atoms with E-state index in [0.29, 0.717) is 12.0 Å². The molecule has 0 saturated heterocycles. The van der Waals surface area contributed by atoms with Crippen molar-refractivity contribution in [3.05, 3.63) is 29.3 Å². The van der Waals surface area contributed by atoms with Crippen molar-refractivity contribution in [3.63, 3.8) is 0 Å². The van der Waals surface area contributed by atoms with Crippen LogP contribution in [0.25, 0.3) is 0 Å². The number of anilines is 1. The lowest BCUT2D eigenvalue weighted by molar-refractivity contribution is 0.225. The van der Waals surface area contributed by atoms with E-state index in [4.69, 9.17) is 5.73 Å². The number of hydrogen-bond donors (Lipinski definition) is 1. The summed E-state index contributed by atoms with van der Waals surface area (Å²) in [6.07, 6.45) is 7.89. The van der Waals surface area contributed by atoms with Gasteiger partial charge in [-0.05, 0) is 69.0 Å². The van der Waals surface area contributed by atoms with Crippen LogP contribution in [0.4, 0.5) is 5.69 Å². The van der Waals surface area contributed by atoms with Crippen LogP contribution in [0.3, 0.4) is 0 Å². The molecule has 0 amide bonds. The van der Waals surface area contributed by atoms with E-state index in [9.17, 15) is 0 Å². The average molecular weight is 286 g/mol. The molecule has 2 aliphatic rings. The summed E-state index contributed by atoms with van der Waals surface area (Å²) in [6.45, 7) is 6.61. The second-order valence-corrected chi connectivity index (χ2v) is 7.08. The summed E-state index contributed by atoms with van der Waals surface area (Å²) in [5.74, 6) is 1.58. The topological polar surface area (TPSA) is 29.3 Å². The number of rotatable bonds is 3. The van der Waals surface area contributed by atoms with Crippen LogP contribution in [0.1, 0.15) is 50.2 Å². The van der Waals surface area contributed by atoms with Crippen molar-refractivity contribution in [2.24, 2.45) is 17.6 Å². The molecule has 116 valence electrons. The van der Waals surface area contributed by atoms with E-state index < -0.39 is 0 Å². The van der Waals surface area contributed by atoms with Crippen LogP contribution in [0.2, 0.25) is 0 Å². The van der Waals surface area contributed by atoms with Crippen molar-refractivity contribution < 1.29 is 0 Å². The Morgan fingerprint density at radius 1 is 1.29 bits per heavy atom. The lowest BCUT2D eigenvalue weighted by Gasteiger charge is -2.46. The Kier molecular flexibility index (Phi) is 4.54. The summed E-state index contributed by atoms with van der Waals surface area (Å²) < 4.78 is 0. The Labute approximate surface area is 129 Å². The maximum absolute atomic E-state index is 6.10. The standard InChI is InChI=1S/C19H30N2/c1-3-15-7-8-17(13-20)19(12-15)21-10-4-5-16-11-14(2)6-9-18(16)21/h6,9,11,15,17,19H,3-5,7-8,10,12-13,20H2,1-2H3. The van der Waals surface area contributed by atoms with Gasteiger partial charge in [0.1, 0.15) is 0 Å². The molecule has 1 fully saturated rings. The molecule has 1 aromatic carbocycles. The monoisotopic (exact) mass is 286 g/mol. The van der Waals surface area contributed by atoms with Gasteiger partial charge in [0.05, 0.1) is 0 Å². The fourth-order valence-corrected chi connectivity index (χ4v) is 4.42. The van der Waals surface area contributed by atoms with Crippen molar-refractivity contribution in [1.82, 2.24) is 0 Å². The summed E-state index contributed by atoms with van der Waals surface area (Å²) in [4.78, 5) is 2.71. The van der Waals surface area contributed by atoms with E-state index in [1.54, 1.807) is 5.56 Å². The largest absolute Gasteiger partial charge is 0.368 e. The van der Waals surface area contributed by atoms with Gasteiger partial charge in [-0.3, -0.25) is 0 Å². The van der Waals surface area contributed by atoms with Gasteiger partial charge in [-0.15, -0.1) is 0 Å². The van der Waals surface area contributed by atoms with Crippen LogP contribution < -0.4 is 10.6 Å². The number of fused-ring (bicyclic) bond motifs is 1. The van der Waals surface area contributed by atoms with E-state index in [1.165, 1.54) is 56.3 Å². The van der Waals surface area contributed by atoms with Gasteiger partial charge in [-0.25, -0.2) is 0 Å². The highest BCUT2D eigenvalue weighted by Gasteiger charge is 2.34. The van der Waals surface area contributed by atoms with Crippen LogP contribution in [0.5, 0.6) is 0 Å². The summed E-state index contributed by atoms with van der Waals surface area (Å²) in [5, 5.41) is 0. The van der Waals surface area contributed by atoms with Crippen LogP contribution in [0, 0.1) is 18.8 Å². The molecular weight excluding hydrogens is 256 g/mol. The van der Waals surface area contributed by atoms with Crippen molar-refractivity contribution >= 4 is 5.69 Å². The minimum atomic E-state index is 0.662. The Morgan fingerprint density at radius 2 is 2.14 bits per heavy atom. The third kappa shape index (κ3) is 2.96. The predicted octanol–water partition coefficient (Wildman–Crippen LogP) is 3.90. The fraction of sp³-hybridized carbons (Fsp3) is 0.684. The van der Waals surface area contributed by atoms with Crippen LogP contribution in [-0.2, 0) is 6.42 Å². The SMILES string of the molecule is CCC1CCC(CN)C(N2CCCc3cc(C)ccc32)C1. The first kappa shape index (κ1) is 14.9. The molecule has 3 rings (SSSR count). The average Bonchev–Trinajstić information content (AvgIpc) is 2.53. The lowest BCUT2D eigenvalue weighted by Crippen LogP contribution is -2.49. The van der Waals surface area contributed by atoms with Gasteiger partial charge in [0.25, 0.3) is 0 Å². The zero-order valence-electron chi connectivity index (χ0n) is 13.6. The highest BCUT2D eigenvalue weighted by atomic mass is 15.2. The van der Waals surface area contributed by atoms with E-state index in [1.807, 2.05) is 0 Å². The number of aryl methyl sites for hydroxylation is 2. The smallest absolute Gasteiger partial charge is 0.0401 e. The Hall–Kier alpha value is -1.02. The fourth-order valence-electron chi connectivity index (χ4n) is 4.42. The van der Waals surface area contributed by atoms with E-state index in [0.717, 1.165) is 12.5 Å². The molecule has 1 aliphatic heterocycles. The molecular formula is C19H30N2. The highest BCUT2D eigenvalue weighted by molar-refractivity contribution is 5.57. The first-order valence-corrected chi connectivity index (χ1v) is 8.79. The lowest BCUT2D eigenvalue weighted by atomic mass is 9.76. The van der Waals surface area contributed by atoms with Crippen LogP contribution in [-0.4, -0.2) is 19.1 Å². The number of nitrogens with two attached hydrogens (primary N) is 1. The normalized spacial score (nSPS) is 29.3. The zero-order chi connectivity index (χ0) is 14.8. The second-order valence-electron chi connectivity index (χ2n) is 7.08. The van der Waals surface area contributed by atoms with Gasteiger partial charge >= 0.3 is 0 Å². The van der Waals surface area contributed by atoms with Crippen LogP contribution in [0.15, 0.2) is 18.2 Å². The highest BCUT2D eigenvalue weighted by Crippen LogP contribution is 2.38. The minimum absolute atomic E-state index is 0.662. The predicted molar refractivity (Wildman–Crippen MR) is 90.8 cm³/mol. The molecule has 21 heavy (non-hydrogen) atoms. The first-order chi connectivity index (χ1) is 10.2. The first-order valence-electron chi connectivity index (χ1n) is 8.79. The van der Waals surface area contributed by atoms with E-state index in [-0.39, 0.29) is 0 Å². The molecule has 0 bridgehead atoms. The van der Waals surface area contributed by atoms with Crippen molar-refractivity contribution in [2.45, 2.75) is 58.4 Å². The maximum Gasteiger partial charge on any atom is 0.0401 e. The van der Waals surface area contributed by atoms with Gasteiger partial charge in [0.15, 0.2) is 0 Å². The molecule has 0 radical (unpaired) electrons. The minimum Gasteiger partial charge on any atom is -0.368 e. The third-order valence-corrected chi connectivity index (χ3v) is 5.73. The molecule has 1 heterocycles. The number of hydrogen-bond acceptors (Lipinski definition) is 2.